The summed E-state index contributed by atoms with van der Waals surface area (Å²) in [5.41, 5.74) is 1.29. The van der Waals surface area contributed by atoms with Crippen LogP contribution in [0, 0.1) is 0 Å². The quantitative estimate of drug-likeness (QED) is 0.627. The third kappa shape index (κ3) is 3.77. The monoisotopic (exact) mass is 326 g/mol. The van der Waals surface area contributed by atoms with Crippen LogP contribution in [0.3, 0.4) is 0 Å². The van der Waals surface area contributed by atoms with Crippen LogP contribution in [0.5, 0.6) is 0 Å². The Bertz CT molecular complexity index is 479. The Balaban J connectivity index is 2.08. The lowest BCUT2D eigenvalue weighted by Crippen LogP contribution is -1.87. The van der Waals surface area contributed by atoms with Crippen LogP contribution in [-0.4, -0.2) is 0 Å². The molecule has 1 unspecified atom stereocenters. The molecule has 0 spiro atoms. The summed E-state index contributed by atoms with van der Waals surface area (Å²) in [6.45, 7) is 2.20. The minimum atomic E-state index is 0.424. The summed E-state index contributed by atoms with van der Waals surface area (Å²) in [6, 6.07) is 16.4. The van der Waals surface area contributed by atoms with Crippen LogP contribution in [-0.2, 0) is 0 Å². The van der Waals surface area contributed by atoms with Crippen LogP contribution in [0.4, 0.5) is 0 Å². The highest BCUT2D eigenvalue weighted by atomic mass is 79.9. The largest absolute Gasteiger partial charge is 0.118 e. The Kier molecular flexibility index (Phi) is 4.55. The second-order valence-electron chi connectivity index (χ2n) is 3.77. The van der Waals surface area contributed by atoms with E-state index in [4.69, 9.17) is 11.6 Å². The highest BCUT2D eigenvalue weighted by molar-refractivity contribution is 9.10. The SMILES string of the molecule is CC(Sc1ccc(Br)cc1)c1ccc(Cl)cc1. The summed E-state index contributed by atoms with van der Waals surface area (Å²) < 4.78 is 1.11. The molecule has 17 heavy (non-hydrogen) atoms. The minimum Gasteiger partial charge on any atom is -0.118 e. The van der Waals surface area contributed by atoms with Crippen LogP contribution < -0.4 is 0 Å². The molecule has 2 rings (SSSR count). The molecule has 2 aromatic rings. The average Bonchev–Trinajstić information content (AvgIpc) is 2.33. The summed E-state index contributed by atoms with van der Waals surface area (Å²) in [5.74, 6) is 0. The Morgan fingerprint density at radius 2 is 1.59 bits per heavy atom. The van der Waals surface area contributed by atoms with E-state index in [0.29, 0.717) is 5.25 Å². The van der Waals surface area contributed by atoms with Gasteiger partial charge in [-0.25, -0.2) is 0 Å². The zero-order valence-electron chi connectivity index (χ0n) is 9.36. The van der Waals surface area contributed by atoms with Gasteiger partial charge in [0.05, 0.1) is 0 Å². The van der Waals surface area contributed by atoms with Gasteiger partial charge in [-0.3, -0.25) is 0 Å². The van der Waals surface area contributed by atoms with Crippen molar-refractivity contribution in [1.82, 2.24) is 0 Å². The molecule has 0 heterocycles. The van der Waals surface area contributed by atoms with Crippen molar-refractivity contribution in [3.8, 4) is 0 Å². The van der Waals surface area contributed by atoms with Gasteiger partial charge in [-0.2, -0.15) is 0 Å². The zero-order chi connectivity index (χ0) is 12.3. The molecule has 88 valence electrons. The van der Waals surface area contributed by atoms with Crippen molar-refractivity contribution >= 4 is 39.3 Å². The molecule has 0 fully saturated rings. The third-order valence-electron chi connectivity index (χ3n) is 2.47. The van der Waals surface area contributed by atoms with E-state index in [1.165, 1.54) is 10.5 Å². The lowest BCUT2D eigenvalue weighted by molar-refractivity contribution is 1.10. The van der Waals surface area contributed by atoms with Gasteiger partial charge in [0.2, 0.25) is 0 Å². The smallest absolute Gasteiger partial charge is 0.0406 e. The van der Waals surface area contributed by atoms with Crippen LogP contribution in [0.1, 0.15) is 17.7 Å². The van der Waals surface area contributed by atoms with Crippen molar-refractivity contribution in [2.24, 2.45) is 0 Å². The Morgan fingerprint density at radius 1 is 1.00 bits per heavy atom. The van der Waals surface area contributed by atoms with Gasteiger partial charge < -0.3 is 0 Å². The van der Waals surface area contributed by atoms with E-state index in [-0.39, 0.29) is 0 Å². The van der Waals surface area contributed by atoms with Crippen LogP contribution in [0.2, 0.25) is 5.02 Å². The maximum Gasteiger partial charge on any atom is 0.0406 e. The Labute approximate surface area is 120 Å². The zero-order valence-corrected chi connectivity index (χ0v) is 12.5. The van der Waals surface area contributed by atoms with Crippen molar-refractivity contribution in [1.29, 1.82) is 0 Å². The first kappa shape index (κ1) is 13.0. The van der Waals surface area contributed by atoms with Crippen molar-refractivity contribution in [2.45, 2.75) is 17.1 Å². The first-order chi connectivity index (χ1) is 8.15. The number of rotatable bonds is 3. The number of benzene rings is 2. The molecule has 0 bridgehead atoms. The van der Waals surface area contributed by atoms with Crippen molar-refractivity contribution in [3.05, 3.63) is 63.6 Å². The van der Waals surface area contributed by atoms with E-state index in [2.05, 4.69) is 59.3 Å². The average molecular weight is 328 g/mol. The summed E-state index contributed by atoms with van der Waals surface area (Å²) in [4.78, 5) is 1.27. The van der Waals surface area contributed by atoms with Crippen molar-refractivity contribution in [3.63, 3.8) is 0 Å². The molecule has 0 aliphatic carbocycles. The van der Waals surface area contributed by atoms with Crippen LogP contribution in [0.15, 0.2) is 57.9 Å². The molecule has 0 aliphatic rings. The van der Waals surface area contributed by atoms with Gasteiger partial charge in [0, 0.05) is 19.6 Å². The minimum absolute atomic E-state index is 0.424. The van der Waals surface area contributed by atoms with E-state index in [0.717, 1.165) is 9.50 Å². The first-order valence-electron chi connectivity index (χ1n) is 5.33. The molecule has 0 saturated carbocycles. The first-order valence-corrected chi connectivity index (χ1v) is 7.38. The summed E-state index contributed by atoms with van der Waals surface area (Å²) in [6.07, 6.45) is 0. The van der Waals surface area contributed by atoms with Crippen molar-refractivity contribution in [2.75, 3.05) is 0 Å². The molecule has 1 atom stereocenters. The third-order valence-corrected chi connectivity index (χ3v) is 4.42. The van der Waals surface area contributed by atoms with Gasteiger partial charge in [-0.05, 0) is 48.9 Å². The van der Waals surface area contributed by atoms with Crippen LogP contribution in [0.25, 0.3) is 0 Å². The van der Waals surface area contributed by atoms with E-state index < -0.39 is 0 Å². The fourth-order valence-corrected chi connectivity index (χ4v) is 2.90. The normalized spacial score (nSPS) is 12.4. The fraction of sp³-hybridized carbons (Fsp3) is 0.143. The number of hydrogen-bond donors (Lipinski definition) is 0. The predicted octanol–water partition coefficient (Wildman–Crippen LogP) is 5.96. The van der Waals surface area contributed by atoms with Gasteiger partial charge in [-0.1, -0.05) is 39.7 Å². The Morgan fingerprint density at radius 3 is 2.18 bits per heavy atom. The predicted molar refractivity (Wildman–Crippen MR) is 79.9 cm³/mol. The lowest BCUT2D eigenvalue weighted by Gasteiger charge is -2.11. The van der Waals surface area contributed by atoms with Gasteiger partial charge in [0.1, 0.15) is 0 Å². The topological polar surface area (TPSA) is 0 Å². The lowest BCUT2D eigenvalue weighted by atomic mass is 10.2. The second-order valence-corrected chi connectivity index (χ2v) is 6.53. The van der Waals surface area contributed by atoms with Crippen LogP contribution >= 0.6 is 39.3 Å². The molecule has 0 N–H and O–H groups in total. The highest BCUT2D eigenvalue weighted by Gasteiger charge is 2.07. The second kappa shape index (κ2) is 5.94. The van der Waals surface area contributed by atoms with Gasteiger partial charge in [0.25, 0.3) is 0 Å². The van der Waals surface area contributed by atoms with Gasteiger partial charge >= 0.3 is 0 Å². The molecule has 0 saturated heterocycles. The van der Waals surface area contributed by atoms with Gasteiger partial charge in [-0.15, -0.1) is 11.8 Å². The molecule has 0 radical (unpaired) electrons. The van der Waals surface area contributed by atoms with Gasteiger partial charge in [0.15, 0.2) is 0 Å². The Hall–Kier alpha value is -0.440. The summed E-state index contributed by atoms with van der Waals surface area (Å²) in [7, 11) is 0. The maximum atomic E-state index is 5.88. The molecule has 0 aliphatic heterocycles. The van der Waals surface area contributed by atoms with E-state index in [1.54, 1.807) is 0 Å². The fourth-order valence-electron chi connectivity index (χ4n) is 1.52. The van der Waals surface area contributed by atoms with Crippen molar-refractivity contribution < 1.29 is 0 Å². The molecule has 0 nitrogen and oxygen atoms in total. The maximum absolute atomic E-state index is 5.88. The number of halogens is 2. The highest BCUT2D eigenvalue weighted by Crippen LogP contribution is 2.35. The number of thioether (sulfide) groups is 1. The molecule has 3 heteroatoms. The molecule has 2 aromatic carbocycles. The summed E-state index contributed by atoms with van der Waals surface area (Å²) in [5, 5.41) is 1.21. The molecule has 0 amide bonds. The molecular formula is C14H12BrClS. The summed E-state index contributed by atoms with van der Waals surface area (Å²) >= 11 is 11.2. The molecular weight excluding hydrogens is 316 g/mol. The standard InChI is InChI=1S/C14H12BrClS/c1-10(11-2-6-13(16)7-3-11)17-14-8-4-12(15)5-9-14/h2-10H,1H3. The van der Waals surface area contributed by atoms with E-state index in [9.17, 15) is 0 Å². The molecule has 0 aromatic heterocycles. The van der Waals surface area contributed by atoms with E-state index in [1.807, 2.05) is 23.9 Å². The number of hydrogen-bond acceptors (Lipinski definition) is 1. The van der Waals surface area contributed by atoms with E-state index >= 15 is 0 Å².